The summed E-state index contributed by atoms with van der Waals surface area (Å²) in [4.78, 5) is 10.7. The third kappa shape index (κ3) is 2.99. The average Bonchev–Trinajstić information content (AvgIpc) is 2.15. The Morgan fingerprint density at radius 1 is 1.36 bits per heavy atom. The van der Waals surface area contributed by atoms with E-state index in [-0.39, 0.29) is 5.97 Å². The number of hydrogen-bond donors (Lipinski definition) is 0. The molecule has 0 fully saturated rings. The van der Waals surface area contributed by atoms with Crippen LogP contribution in [0, 0.1) is 0 Å². The van der Waals surface area contributed by atoms with Crippen molar-refractivity contribution in [2.75, 3.05) is 0 Å². The van der Waals surface area contributed by atoms with E-state index in [0.717, 1.165) is 0 Å². The normalized spacial score (nSPS) is 11.1. The first kappa shape index (κ1) is 11.0. The summed E-state index contributed by atoms with van der Waals surface area (Å²) in [5.74, 6) is 0.324. The summed E-state index contributed by atoms with van der Waals surface area (Å²) in [5.41, 5.74) is 1.31. The van der Waals surface area contributed by atoms with E-state index in [9.17, 15) is 4.79 Å². The molecule has 0 atom stereocenters. The summed E-state index contributed by atoms with van der Waals surface area (Å²) in [6.07, 6.45) is 0. The molecule has 1 aromatic carbocycles. The molecule has 14 heavy (non-hydrogen) atoms. The van der Waals surface area contributed by atoms with Gasteiger partial charge in [0.05, 0.1) is 0 Å². The maximum Gasteiger partial charge on any atom is 0.289 e. The SMILES string of the molecule is CC(=O)O[SiH2]c1ccccc1C(C)C. The molecule has 1 aromatic rings. The molecule has 0 saturated heterocycles. The van der Waals surface area contributed by atoms with E-state index in [0.29, 0.717) is 5.92 Å². The van der Waals surface area contributed by atoms with Crippen LogP contribution in [0.15, 0.2) is 24.3 Å². The van der Waals surface area contributed by atoms with Crippen LogP contribution in [-0.2, 0) is 9.22 Å². The van der Waals surface area contributed by atoms with Gasteiger partial charge in [-0.05, 0) is 16.7 Å². The Bertz CT molecular complexity index is 321. The lowest BCUT2D eigenvalue weighted by Gasteiger charge is -2.11. The van der Waals surface area contributed by atoms with Gasteiger partial charge in [0.15, 0.2) is 0 Å². The van der Waals surface area contributed by atoms with Gasteiger partial charge in [0.25, 0.3) is 15.7 Å². The van der Waals surface area contributed by atoms with Crippen molar-refractivity contribution >= 4 is 20.9 Å². The first-order chi connectivity index (χ1) is 6.61. The third-order valence-corrected chi connectivity index (χ3v) is 3.61. The quantitative estimate of drug-likeness (QED) is 0.695. The standard InChI is InChI=1S/C11H16O2Si/c1-8(2)10-6-4-5-7-11(10)14-13-9(3)12/h4-8H,14H2,1-3H3. The minimum Gasteiger partial charge on any atom is -0.521 e. The van der Waals surface area contributed by atoms with Crippen LogP contribution in [0.2, 0.25) is 0 Å². The van der Waals surface area contributed by atoms with Crippen LogP contribution >= 0.6 is 0 Å². The van der Waals surface area contributed by atoms with E-state index in [4.69, 9.17) is 4.43 Å². The van der Waals surface area contributed by atoms with Crippen LogP contribution in [0.25, 0.3) is 0 Å². The highest BCUT2D eigenvalue weighted by Gasteiger charge is 2.07. The zero-order chi connectivity index (χ0) is 10.6. The molecule has 1 rings (SSSR count). The average molecular weight is 208 g/mol. The molecule has 0 saturated carbocycles. The van der Waals surface area contributed by atoms with Gasteiger partial charge in [-0.25, -0.2) is 0 Å². The Labute approximate surface area is 87.2 Å². The fourth-order valence-corrected chi connectivity index (χ4v) is 2.69. The molecular weight excluding hydrogens is 192 g/mol. The predicted molar refractivity (Wildman–Crippen MR) is 60.5 cm³/mol. The van der Waals surface area contributed by atoms with E-state index in [1.54, 1.807) is 0 Å². The monoisotopic (exact) mass is 208 g/mol. The lowest BCUT2D eigenvalue weighted by Crippen LogP contribution is -2.24. The largest absolute Gasteiger partial charge is 0.521 e. The molecule has 0 aliphatic heterocycles. The highest BCUT2D eigenvalue weighted by atomic mass is 28.2. The second-order valence-electron chi connectivity index (χ2n) is 3.63. The van der Waals surface area contributed by atoms with Crippen LogP contribution in [0.3, 0.4) is 0 Å². The van der Waals surface area contributed by atoms with Crippen LogP contribution in [-0.4, -0.2) is 15.7 Å². The summed E-state index contributed by atoms with van der Waals surface area (Å²) in [7, 11) is -0.880. The highest BCUT2D eigenvalue weighted by Crippen LogP contribution is 2.10. The van der Waals surface area contributed by atoms with Gasteiger partial charge in [-0.15, -0.1) is 0 Å². The van der Waals surface area contributed by atoms with Gasteiger partial charge in [-0.2, -0.15) is 0 Å². The predicted octanol–water partition coefficient (Wildman–Crippen LogP) is 1.08. The van der Waals surface area contributed by atoms with Gasteiger partial charge >= 0.3 is 0 Å². The topological polar surface area (TPSA) is 26.3 Å². The molecule has 0 bridgehead atoms. The molecule has 0 spiro atoms. The Kier molecular flexibility index (Phi) is 3.89. The van der Waals surface area contributed by atoms with E-state index < -0.39 is 9.76 Å². The van der Waals surface area contributed by atoms with Crippen LogP contribution < -0.4 is 5.19 Å². The van der Waals surface area contributed by atoms with Gasteiger partial charge in [0.2, 0.25) is 0 Å². The van der Waals surface area contributed by atoms with Crippen LogP contribution in [0.5, 0.6) is 0 Å². The smallest absolute Gasteiger partial charge is 0.289 e. The Balaban J connectivity index is 2.79. The zero-order valence-electron chi connectivity index (χ0n) is 8.91. The summed E-state index contributed by atoms with van der Waals surface area (Å²) in [6, 6.07) is 8.19. The van der Waals surface area contributed by atoms with Gasteiger partial charge < -0.3 is 4.43 Å². The summed E-state index contributed by atoms with van der Waals surface area (Å²) >= 11 is 0. The lowest BCUT2D eigenvalue weighted by atomic mass is 10.0. The Morgan fingerprint density at radius 2 is 2.00 bits per heavy atom. The van der Waals surface area contributed by atoms with Crippen LogP contribution in [0.1, 0.15) is 32.3 Å². The number of carbonyl (C=O) groups excluding carboxylic acids is 1. The molecule has 0 radical (unpaired) electrons. The van der Waals surface area contributed by atoms with Gasteiger partial charge in [-0.3, -0.25) is 4.79 Å². The molecule has 0 N–H and O–H groups in total. The van der Waals surface area contributed by atoms with Crippen molar-refractivity contribution in [3.63, 3.8) is 0 Å². The van der Waals surface area contributed by atoms with Crippen molar-refractivity contribution in [1.29, 1.82) is 0 Å². The molecule has 0 amide bonds. The molecule has 76 valence electrons. The fraction of sp³-hybridized carbons (Fsp3) is 0.364. The fourth-order valence-electron chi connectivity index (χ4n) is 1.41. The van der Waals surface area contributed by atoms with Crippen molar-refractivity contribution in [2.45, 2.75) is 26.7 Å². The van der Waals surface area contributed by atoms with E-state index in [1.807, 2.05) is 12.1 Å². The van der Waals surface area contributed by atoms with Gasteiger partial charge in [-0.1, -0.05) is 38.1 Å². The second-order valence-corrected chi connectivity index (χ2v) is 4.97. The molecule has 3 heteroatoms. The zero-order valence-corrected chi connectivity index (χ0v) is 10.3. The molecule has 2 nitrogen and oxygen atoms in total. The van der Waals surface area contributed by atoms with Crippen molar-refractivity contribution in [1.82, 2.24) is 0 Å². The maximum absolute atomic E-state index is 10.7. The summed E-state index contributed by atoms with van der Waals surface area (Å²) in [5, 5.41) is 1.23. The highest BCUT2D eigenvalue weighted by molar-refractivity contribution is 6.49. The van der Waals surface area contributed by atoms with E-state index >= 15 is 0 Å². The Morgan fingerprint density at radius 3 is 2.57 bits per heavy atom. The summed E-state index contributed by atoms with van der Waals surface area (Å²) in [6.45, 7) is 5.77. The van der Waals surface area contributed by atoms with Gasteiger partial charge in [0.1, 0.15) is 0 Å². The van der Waals surface area contributed by atoms with E-state index in [1.165, 1.54) is 17.7 Å². The van der Waals surface area contributed by atoms with Crippen molar-refractivity contribution < 1.29 is 9.22 Å². The number of rotatable bonds is 3. The maximum atomic E-state index is 10.7. The lowest BCUT2D eigenvalue weighted by molar-refractivity contribution is -0.131. The minimum atomic E-state index is -0.880. The molecule has 0 aromatic heterocycles. The molecule has 0 aliphatic carbocycles. The van der Waals surface area contributed by atoms with E-state index in [2.05, 4.69) is 26.0 Å². The minimum absolute atomic E-state index is 0.171. The molecule has 0 unspecified atom stereocenters. The number of carbonyl (C=O) groups is 1. The first-order valence-corrected chi connectivity index (χ1v) is 6.11. The molecule has 0 aliphatic rings. The summed E-state index contributed by atoms with van der Waals surface area (Å²) < 4.78 is 5.12. The van der Waals surface area contributed by atoms with Crippen molar-refractivity contribution in [2.24, 2.45) is 0 Å². The van der Waals surface area contributed by atoms with Crippen LogP contribution in [0.4, 0.5) is 0 Å². The second kappa shape index (κ2) is 4.96. The third-order valence-electron chi connectivity index (χ3n) is 2.11. The van der Waals surface area contributed by atoms with Crippen molar-refractivity contribution in [3.05, 3.63) is 29.8 Å². The number of benzene rings is 1. The number of hydrogen-bond acceptors (Lipinski definition) is 2. The first-order valence-electron chi connectivity index (χ1n) is 4.82. The molecule has 0 heterocycles. The molecular formula is C11H16O2Si. The van der Waals surface area contributed by atoms with Crippen molar-refractivity contribution in [3.8, 4) is 0 Å². The Hall–Kier alpha value is -1.09. The van der Waals surface area contributed by atoms with Gasteiger partial charge in [0, 0.05) is 6.92 Å².